The highest BCUT2D eigenvalue weighted by Gasteiger charge is 1.93. The molecule has 54 valence electrons. The molecule has 0 saturated heterocycles. The molecule has 0 bridgehead atoms. The summed E-state index contributed by atoms with van der Waals surface area (Å²) in [7, 11) is 1.50. The predicted octanol–water partition coefficient (Wildman–Crippen LogP) is 1.56. The molecule has 0 unspecified atom stereocenters. The molecule has 2 nitrogen and oxygen atoms in total. The van der Waals surface area contributed by atoms with Crippen molar-refractivity contribution in [1.29, 1.82) is 0 Å². The van der Waals surface area contributed by atoms with E-state index >= 15 is 0 Å². The number of halogens is 1. The van der Waals surface area contributed by atoms with Gasteiger partial charge in [-0.15, -0.1) is 0 Å². The Morgan fingerprint density at radius 3 is 3.10 bits per heavy atom. The van der Waals surface area contributed by atoms with Crippen LogP contribution in [0.4, 0.5) is 4.39 Å². The number of aromatic nitrogens is 1. The van der Waals surface area contributed by atoms with Gasteiger partial charge in [0, 0.05) is 12.3 Å². The fraction of sp³-hybridized carbons (Fsp3) is 0.286. The smallest absolute Gasteiger partial charge is 0.213 e. The van der Waals surface area contributed by atoms with E-state index < -0.39 is 6.67 Å². The lowest BCUT2D eigenvalue weighted by Gasteiger charge is -1.97. The first-order chi connectivity index (χ1) is 4.86. The van der Waals surface area contributed by atoms with Gasteiger partial charge in [0.2, 0.25) is 5.88 Å². The van der Waals surface area contributed by atoms with E-state index in [-0.39, 0.29) is 0 Å². The van der Waals surface area contributed by atoms with Crippen LogP contribution in [0.2, 0.25) is 0 Å². The molecule has 0 fully saturated rings. The molecule has 0 N–H and O–H groups in total. The highest BCUT2D eigenvalue weighted by molar-refractivity contribution is 5.19. The number of pyridine rings is 1. The molecular formula is C7H8FNO. The van der Waals surface area contributed by atoms with Gasteiger partial charge in [-0.05, 0) is 11.6 Å². The van der Waals surface area contributed by atoms with Crippen LogP contribution >= 0.6 is 0 Å². The second-order valence-corrected chi connectivity index (χ2v) is 1.84. The third kappa shape index (κ3) is 1.43. The van der Waals surface area contributed by atoms with Gasteiger partial charge in [-0.25, -0.2) is 9.37 Å². The molecule has 0 radical (unpaired) electrons. The molecule has 1 aromatic rings. The van der Waals surface area contributed by atoms with Crippen LogP contribution in [0.3, 0.4) is 0 Å². The van der Waals surface area contributed by atoms with Crippen molar-refractivity contribution in [3.05, 3.63) is 23.9 Å². The van der Waals surface area contributed by atoms with Gasteiger partial charge in [0.25, 0.3) is 0 Å². The van der Waals surface area contributed by atoms with Gasteiger partial charge in [0.15, 0.2) is 0 Å². The Hall–Kier alpha value is -1.12. The fourth-order valence-corrected chi connectivity index (χ4v) is 0.645. The normalized spacial score (nSPS) is 9.40. The second-order valence-electron chi connectivity index (χ2n) is 1.84. The van der Waals surface area contributed by atoms with Gasteiger partial charge in [0.1, 0.15) is 6.67 Å². The summed E-state index contributed by atoms with van der Waals surface area (Å²) in [4.78, 5) is 3.82. The predicted molar refractivity (Wildman–Crippen MR) is 35.6 cm³/mol. The van der Waals surface area contributed by atoms with Crippen LogP contribution < -0.4 is 4.74 Å². The highest BCUT2D eigenvalue weighted by atomic mass is 19.1. The molecule has 10 heavy (non-hydrogen) atoms. The largest absolute Gasteiger partial charge is 0.481 e. The van der Waals surface area contributed by atoms with Crippen molar-refractivity contribution in [2.75, 3.05) is 7.11 Å². The van der Waals surface area contributed by atoms with Crippen molar-refractivity contribution in [2.45, 2.75) is 6.67 Å². The first kappa shape index (κ1) is 6.99. The maximum Gasteiger partial charge on any atom is 0.213 e. The van der Waals surface area contributed by atoms with Crippen LogP contribution in [0.1, 0.15) is 5.56 Å². The average molecular weight is 141 g/mol. The third-order valence-corrected chi connectivity index (χ3v) is 1.16. The van der Waals surface area contributed by atoms with Crippen molar-refractivity contribution in [1.82, 2.24) is 4.98 Å². The molecule has 3 heteroatoms. The van der Waals surface area contributed by atoms with Gasteiger partial charge >= 0.3 is 0 Å². The lowest BCUT2D eigenvalue weighted by molar-refractivity contribution is 0.395. The first-order valence-corrected chi connectivity index (χ1v) is 2.91. The second kappa shape index (κ2) is 3.15. The number of methoxy groups -OCH3 is 1. The quantitative estimate of drug-likeness (QED) is 0.623. The lowest BCUT2D eigenvalue weighted by atomic mass is 10.3. The Morgan fingerprint density at radius 2 is 2.50 bits per heavy atom. The summed E-state index contributed by atoms with van der Waals surface area (Å²) < 4.78 is 16.7. The van der Waals surface area contributed by atoms with E-state index in [1.54, 1.807) is 12.1 Å². The Bertz CT molecular complexity index is 195. The molecule has 0 aliphatic heterocycles. The van der Waals surface area contributed by atoms with Crippen LogP contribution in [0.15, 0.2) is 18.3 Å². The van der Waals surface area contributed by atoms with Crippen LogP contribution in [-0.2, 0) is 6.67 Å². The lowest BCUT2D eigenvalue weighted by Crippen LogP contribution is -1.87. The summed E-state index contributed by atoms with van der Waals surface area (Å²) in [5, 5.41) is 0. The van der Waals surface area contributed by atoms with Crippen LogP contribution in [0.25, 0.3) is 0 Å². The molecule has 0 amide bonds. The van der Waals surface area contributed by atoms with E-state index in [0.717, 1.165) is 0 Å². The molecule has 1 heterocycles. The SMILES string of the molecule is COc1cc(CF)ccn1. The number of rotatable bonds is 2. The fourth-order valence-electron chi connectivity index (χ4n) is 0.645. The van der Waals surface area contributed by atoms with Crippen molar-refractivity contribution < 1.29 is 9.13 Å². The highest BCUT2D eigenvalue weighted by Crippen LogP contribution is 2.08. The first-order valence-electron chi connectivity index (χ1n) is 2.91. The number of nitrogens with zero attached hydrogens (tertiary/aromatic N) is 1. The van der Waals surface area contributed by atoms with E-state index in [9.17, 15) is 4.39 Å². The minimum atomic E-state index is -0.473. The molecule has 0 saturated carbocycles. The monoisotopic (exact) mass is 141 g/mol. The Kier molecular flexibility index (Phi) is 2.20. The number of alkyl halides is 1. The summed E-state index contributed by atoms with van der Waals surface area (Å²) in [5.41, 5.74) is 0.590. The van der Waals surface area contributed by atoms with E-state index in [1.165, 1.54) is 13.3 Å². The summed E-state index contributed by atoms with van der Waals surface area (Å²) >= 11 is 0. The van der Waals surface area contributed by atoms with Crippen molar-refractivity contribution in [3.63, 3.8) is 0 Å². The molecule has 1 aromatic heterocycles. The Morgan fingerprint density at radius 1 is 1.70 bits per heavy atom. The van der Waals surface area contributed by atoms with E-state index in [2.05, 4.69) is 4.98 Å². The molecule has 0 aliphatic rings. The number of hydrogen-bond donors (Lipinski definition) is 0. The van der Waals surface area contributed by atoms with E-state index in [0.29, 0.717) is 11.4 Å². The zero-order valence-electron chi connectivity index (χ0n) is 5.67. The van der Waals surface area contributed by atoms with Crippen molar-refractivity contribution >= 4 is 0 Å². The summed E-state index contributed by atoms with van der Waals surface area (Å²) in [6, 6.07) is 3.18. The van der Waals surface area contributed by atoms with Gasteiger partial charge < -0.3 is 4.74 Å². The van der Waals surface area contributed by atoms with Gasteiger partial charge in [0.05, 0.1) is 7.11 Å². The Balaban J connectivity index is 2.87. The van der Waals surface area contributed by atoms with Gasteiger partial charge in [-0.1, -0.05) is 0 Å². The van der Waals surface area contributed by atoms with Gasteiger partial charge in [-0.2, -0.15) is 0 Å². The van der Waals surface area contributed by atoms with E-state index in [1.807, 2.05) is 0 Å². The van der Waals surface area contributed by atoms with E-state index in [4.69, 9.17) is 4.74 Å². The van der Waals surface area contributed by atoms with Crippen LogP contribution in [-0.4, -0.2) is 12.1 Å². The molecule has 1 rings (SSSR count). The van der Waals surface area contributed by atoms with Gasteiger partial charge in [-0.3, -0.25) is 0 Å². The van der Waals surface area contributed by atoms with Crippen molar-refractivity contribution in [3.8, 4) is 5.88 Å². The standard InChI is InChI=1S/C7H8FNO/c1-10-7-4-6(5-8)2-3-9-7/h2-4H,5H2,1H3. The summed E-state index contributed by atoms with van der Waals surface area (Å²) in [6.45, 7) is -0.473. The topological polar surface area (TPSA) is 22.1 Å². The average Bonchev–Trinajstić information content (AvgIpc) is 2.05. The minimum Gasteiger partial charge on any atom is -0.481 e. The number of ether oxygens (including phenoxy) is 1. The number of hydrogen-bond acceptors (Lipinski definition) is 2. The molecular weight excluding hydrogens is 133 g/mol. The maximum atomic E-state index is 12.0. The van der Waals surface area contributed by atoms with Crippen LogP contribution in [0, 0.1) is 0 Å². The molecule has 0 aliphatic carbocycles. The molecule has 0 aromatic carbocycles. The summed E-state index contributed by atoms with van der Waals surface area (Å²) in [6.07, 6.45) is 1.52. The maximum absolute atomic E-state index is 12.0. The minimum absolute atomic E-state index is 0.454. The summed E-state index contributed by atoms with van der Waals surface area (Å²) in [5.74, 6) is 0.454. The Labute approximate surface area is 58.7 Å². The van der Waals surface area contributed by atoms with Crippen LogP contribution in [0.5, 0.6) is 5.88 Å². The molecule has 0 atom stereocenters. The zero-order chi connectivity index (χ0) is 7.40. The third-order valence-electron chi connectivity index (χ3n) is 1.16. The molecule has 0 spiro atoms. The van der Waals surface area contributed by atoms with Crippen molar-refractivity contribution in [2.24, 2.45) is 0 Å². The zero-order valence-corrected chi connectivity index (χ0v) is 5.67.